The Morgan fingerprint density at radius 1 is 1.19 bits per heavy atom. The minimum Gasteiger partial charge on any atom is -0.492 e. The number of nitrogen functional groups attached to an aromatic ring is 1. The normalized spacial score (nSPS) is 10.8. The summed E-state index contributed by atoms with van der Waals surface area (Å²) in [6.07, 6.45) is 0. The summed E-state index contributed by atoms with van der Waals surface area (Å²) in [6, 6.07) is 13.7. The molecular weight excluding hydrogens is 262 g/mol. The number of anilines is 1. The first kappa shape index (κ1) is 15.3. The minimum atomic E-state index is 0.642. The van der Waals surface area contributed by atoms with Crippen molar-refractivity contribution in [1.82, 2.24) is 9.88 Å². The van der Waals surface area contributed by atoms with Gasteiger partial charge in [0.1, 0.15) is 12.4 Å². The maximum Gasteiger partial charge on any atom is 0.121 e. The fourth-order valence-electron chi connectivity index (χ4n) is 2.16. The van der Waals surface area contributed by atoms with Crippen molar-refractivity contribution in [2.45, 2.75) is 20.4 Å². The van der Waals surface area contributed by atoms with Gasteiger partial charge < -0.3 is 10.5 Å². The molecule has 1 aromatic carbocycles. The van der Waals surface area contributed by atoms with Gasteiger partial charge >= 0.3 is 0 Å². The van der Waals surface area contributed by atoms with Crippen LogP contribution in [0.4, 0.5) is 5.69 Å². The van der Waals surface area contributed by atoms with Crippen molar-refractivity contribution in [1.29, 1.82) is 0 Å². The number of ether oxygens (including phenoxy) is 1. The van der Waals surface area contributed by atoms with Crippen LogP contribution in [0.25, 0.3) is 0 Å². The number of rotatable bonds is 7. The topological polar surface area (TPSA) is 51.4 Å². The molecule has 1 aromatic heterocycles. The number of aromatic nitrogens is 1. The molecule has 0 aliphatic heterocycles. The van der Waals surface area contributed by atoms with E-state index in [1.807, 2.05) is 37.3 Å². The first-order chi connectivity index (χ1) is 10.2. The van der Waals surface area contributed by atoms with Crippen LogP contribution in [0.3, 0.4) is 0 Å². The first-order valence-electron chi connectivity index (χ1n) is 7.30. The Morgan fingerprint density at radius 2 is 2.00 bits per heavy atom. The third kappa shape index (κ3) is 5.08. The Balaban J connectivity index is 1.82. The fourth-order valence-corrected chi connectivity index (χ4v) is 2.16. The number of aryl methyl sites for hydroxylation is 1. The number of benzene rings is 1. The van der Waals surface area contributed by atoms with Gasteiger partial charge in [-0.2, -0.15) is 0 Å². The van der Waals surface area contributed by atoms with Gasteiger partial charge in [-0.3, -0.25) is 9.88 Å². The Morgan fingerprint density at radius 3 is 2.71 bits per heavy atom. The molecular formula is C17H23N3O. The van der Waals surface area contributed by atoms with Crippen molar-refractivity contribution in [3.05, 3.63) is 53.9 Å². The summed E-state index contributed by atoms with van der Waals surface area (Å²) in [5, 5.41) is 0. The molecule has 112 valence electrons. The van der Waals surface area contributed by atoms with Gasteiger partial charge in [-0.05, 0) is 37.7 Å². The van der Waals surface area contributed by atoms with E-state index in [9.17, 15) is 0 Å². The van der Waals surface area contributed by atoms with Crippen LogP contribution < -0.4 is 10.5 Å². The second-order valence-electron chi connectivity index (χ2n) is 5.06. The van der Waals surface area contributed by atoms with Crippen molar-refractivity contribution in [2.75, 3.05) is 25.4 Å². The summed E-state index contributed by atoms with van der Waals surface area (Å²) >= 11 is 0. The molecule has 0 saturated carbocycles. The molecule has 4 nitrogen and oxygen atoms in total. The molecule has 0 amide bonds. The molecule has 1 heterocycles. The highest BCUT2D eigenvalue weighted by atomic mass is 16.5. The number of pyridine rings is 1. The van der Waals surface area contributed by atoms with Gasteiger partial charge in [-0.15, -0.1) is 0 Å². The summed E-state index contributed by atoms with van der Waals surface area (Å²) in [7, 11) is 0. The predicted molar refractivity (Wildman–Crippen MR) is 86.3 cm³/mol. The van der Waals surface area contributed by atoms with Crippen LogP contribution >= 0.6 is 0 Å². The molecule has 0 saturated heterocycles. The van der Waals surface area contributed by atoms with Crippen molar-refractivity contribution in [3.63, 3.8) is 0 Å². The van der Waals surface area contributed by atoms with E-state index in [0.29, 0.717) is 6.61 Å². The van der Waals surface area contributed by atoms with Crippen LogP contribution in [-0.4, -0.2) is 29.6 Å². The summed E-state index contributed by atoms with van der Waals surface area (Å²) in [5.41, 5.74) is 8.61. The zero-order chi connectivity index (χ0) is 15.1. The summed E-state index contributed by atoms with van der Waals surface area (Å²) in [5.74, 6) is 0.819. The molecule has 21 heavy (non-hydrogen) atoms. The monoisotopic (exact) mass is 285 g/mol. The molecule has 0 spiro atoms. The van der Waals surface area contributed by atoms with E-state index in [1.165, 1.54) is 0 Å². The van der Waals surface area contributed by atoms with Gasteiger partial charge in [0.2, 0.25) is 0 Å². The summed E-state index contributed by atoms with van der Waals surface area (Å²) < 4.78 is 5.74. The maximum absolute atomic E-state index is 5.74. The third-order valence-electron chi connectivity index (χ3n) is 3.31. The van der Waals surface area contributed by atoms with E-state index in [-0.39, 0.29) is 0 Å². The number of hydrogen-bond acceptors (Lipinski definition) is 4. The average molecular weight is 285 g/mol. The molecule has 0 fully saturated rings. The zero-order valence-electron chi connectivity index (χ0n) is 12.7. The van der Waals surface area contributed by atoms with Gasteiger partial charge in [0, 0.05) is 30.5 Å². The average Bonchev–Trinajstić information content (AvgIpc) is 2.46. The zero-order valence-corrected chi connectivity index (χ0v) is 12.7. The maximum atomic E-state index is 5.74. The quantitative estimate of drug-likeness (QED) is 0.795. The van der Waals surface area contributed by atoms with Crippen LogP contribution in [-0.2, 0) is 6.54 Å². The number of nitrogens with zero attached hydrogens (tertiary/aromatic N) is 2. The molecule has 0 radical (unpaired) electrons. The van der Waals surface area contributed by atoms with Crippen molar-refractivity contribution in [2.24, 2.45) is 0 Å². The number of hydrogen-bond donors (Lipinski definition) is 1. The van der Waals surface area contributed by atoms with Gasteiger partial charge in [0.25, 0.3) is 0 Å². The molecule has 4 heteroatoms. The molecule has 0 bridgehead atoms. The SMILES string of the molecule is CCN(CCOc1cccc(N)c1)Cc1cccc(C)n1. The predicted octanol–water partition coefficient (Wildman–Crippen LogP) is 2.87. The molecule has 0 aliphatic rings. The third-order valence-corrected chi connectivity index (χ3v) is 3.31. The lowest BCUT2D eigenvalue weighted by atomic mass is 10.3. The van der Waals surface area contributed by atoms with E-state index in [4.69, 9.17) is 10.5 Å². The van der Waals surface area contributed by atoms with E-state index < -0.39 is 0 Å². The highest BCUT2D eigenvalue weighted by Gasteiger charge is 2.05. The molecule has 2 rings (SSSR count). The second kappa shape index (κ2) is 7.64. The minimum absolute atomic E-state index is 0.642. The van der Waals surface area contributed by atoms with Crippen molar-refractivity contribution < 1.29 is 4.74 Å². The van der Waals surface area contributed by atoms with Crippen LogP contribution in [0.1, 0.15) is 18.3 Å². The smallest absolute Gasteiger partial charge is 0.121 e. The van der Waals surface area contributed by atoms with Crippen LogP contribution in [0.15, 0.2) is 42.5 Å². The van der Waals surface area contributed by atoms with Gasteiger partial charge in [-0.1, -0.05) is 19.1 Å². The Labute approximate surface area is 126 Å². The van der Waals surface area contributed by atoms with E-state index >= 15 is 0 Å². The Kier molecular flexibility index (Phi) is 5.58. The van der Waals surface area contributed by atoms with Gasteiger partial charge in [0.15, 0.2) is 0 Å². The summed E-state index contributed by atoms with van der Waals surface area (Å²) in [6.45, 7) is 7.48. The van der Waals surface area contributed by atoms with E-state index in [0.717, 1.165) is 42.5 Å². The van der Waals surface area contributed by atoms with Crippen molar-refractivity contribution in [3.8, 4) is 5.75 Å². The second-order valence-corrected chi connectivity index (χ2v) is 5.06. The molecule has 0 atom stereocenters. The molecule has 2 N–H and O–H groups in total. The lowest BCUT2D eigenvalue weighted by Gasteiger charge is -2.20. The highest BCUT2D eigenvalue weighted by molar-refractivity contribution is 5.43. The van der Waals surface area contributed by atoms with Gasteiger partial charge in [-0.25, -0.2) is 0 Å². The summed E-state index contributed by atoms with van der Waals surface area (Å²) in [4.78, 5) is 6.85. The Bertz CT molecular complexity index is 571. The van der Waals surface area contributed by atoms with E-state index in [1.54, 1.807) is 0 Å². The van der Waals surface area contributed by atoms with Crippen LogP contribution in [0.2, 0.25) is 0 Å². The molecule has 2 aromatic rings. The Hall–Kier alpha value is -2.07. The standard InChI is InChI=1S/C17H23N3O/c1-3-20(13-16-8-4-6-14(2)19-16)10-11-21-17-9-5-7-15(18)12-17/h4-9,12H,3,10-11,13,18H2,1-2H3. The van der Waals surface area contributed by atoms with Crippen molar-refractivity contribution >= 4 is 5.69 Å². The van der Waals surface area contributed by atoms with Crippen LogP contribution in [0, 0.1) is 6.92 Å². The highest BCUT2D eigenvalue weighted by Crippen LogP contribution is 2.14. The largest absolute Gasteiger partial charge is 0.492 e. The molecule has 0 unspecified atom stereocenters. The van der Waals surface area contributed by atoms with Crippen LogP contribution in [0.5, 0.6) is 5.75 Å². The van der Waals surface area contributed by atoms with Gasteiger partial charge in [0.05, 0.1) is 5.69 Å². The number of nitrogens with two attached hydrogens (primary N) is 1. The first-order valence-corrected chi connectivity index (χ1v) is 7.30. The fraction of sp³-hybridized carbons (Fsp3) is 0.353. The lowest BCUT2D eigenvalue weighted by molar-refractivity contribution is 0.208. The molecule has 0 aliphatic carbocycles. The lowest BCUT2D eigenvalue weighted by Crippen LogP contribution is -2.28. The van der Waals surface area contributed by atoms with E-state index in [2.05, 4.69) is 28.9 Å². The number of likely N-dealkylation sites (N-methyl/N-ethyl adjacent to an activating group) is 1.